The van der Waals surface area contributed by atoms with Gasteiger partial charge in [0.05, 0.1) is 6.54 Å². The SMILES string of the molecule is CC(N)c1cccn1Cc1ncnn1C. The van der Waals surface area contributed by atoms with Gasteiger partial charge in [0.15, 0.2) is 0 Å². The first-order chi connectivity index (χ1) is 7.18. The molecule has 0 aliphatic rings. The van der Waals surface area contributed by atoms with E-state index in [4.69, 9.17) is 5.73 Å². The minimum absolute atomic E-state index is 0.0354. The molecule has 0 amide bonds. The average molecular weight is 205 g/mol. The van der Waals surface area contributed by atoms with Crippen LogP contribution in [0.5, 0.6) is 0 Å². The summed E-state index contributed by atoms with van der Waals surface area (Å²) < 4.78 is 3.86. The largest absolute Gasteiger partial charge is 0.342 e. The van der Waals surface area contributed by atoms with E-state index in [9.17, 15) is 0 Å². The minimum Gasteiger partial charge on any atom is -0.342 e. The number of hydrogen-bond acceptors (Lipinski definition) is 3. The molecule has 0 aliphatic heterocycles. The van der Waals surface area contributed by atoms with Crippen molar-refractivity contribution in [1.82, 2.24) is 19.3 Å². The Morgan fingerprint density at radius 1 is 1.53 bits per heavy atom. The van der Waals surface area contributed by atoms with Crippen LogP contribution < -0.4 is 5.73 Å². The Morgan fingerprint density at radius 3 is 2.93 bits per heavy atom. The second-order valence-electron chi connectivity index (χ2n) is 3.65. The Bertz CT molecular complexity index is 440. The van der Waals surface area contributed by atoms with Gasteiger partial charge < -0.3 is 10.3 Å². The summed E-state index contributed by atoms with van der Waals surface area (Å²) >= 11 is 0. The summed E-state index contributed by atoms with van der Waals surface area (Å²) in [6.07, 6.45) is 3.57. The van der Waals surface area contributed by atoms with E-state index in [0.717, 1.165) is 11.5 Å². The zero-order chi connectivity index (χ0) is 10.8. The van der Waals surface area contributed by atoms with Crippen molar-refractivity contribution in [2.24, 2.45) is 12.8 Å². The second-order valence-corrected chi connectivity index (χ2v) is 3.65. The quantitative estimate of drug-likeness (QED) is 0.801. The highest BCUT2D eigenvalue weighted by molar-refractivity contribution is 5.12. The normalized spacial score (nSPS) is 13.0. The van der Waals surface area contributed by atoms with Crippen molar-refractivity contribution in [2.75, 3.05) is 0 Å². The van der Waals surface area contributed by atoms with Gasteiger partial charge in [-0.2, -0.15) is 5.10 Å². The van der Waals surface area contributed by atoms with E-state index in [1.165, 1.54) is 0 Å². The van der Waals surface area contributed by atoms with E-state index in [2.05, 4.69) is 14.6 Å². The molecule has 1 unspecified atom stereocenters. The first-order valence-corrected chi connectivity index (χ1v) is 4.92. The molecule has 80 valence electrons. The van der Waals surface area contributed by atoms with Crippen molar-refractivity contribution in [3.63, 3.8) is 0 Å². The Balaban J connectivity index is 2.25. The van der Waals surface area contributed by atoms with E-state index >= 15 is 0 Å². The Kier molecular flexibility index (Phi) is 2.55. The predicted molar refractivity (Wildman–Crippen MR) is 57.1 cm³/mol. The molecule has 0 spiro atoms. The maximum Gasteiger partial charge on any atom is 0.146 e. The van der Waals surface area contributed by atoms with Gasteiger partial charge in [0.1, 0.15) is 12.2 Å². The highest BCUT2D eigenvalue weighted by Gasteiger charge is 2.08. The third-order valence-electron chi connectivity index (χ3n) is 2.45. The average Bonchev–Trinajstić information content (AvgIpc) is 2.77. The van der Waals surface area contributed by atoms with Crippen LogP contribution in [-0.2, 0) is 13.6 Å². The molecule has 2 rings (SSSR count). The lowest BCUT2D eigenvalue weighted by Gasteiger charge is -2.11. The number of hydrogen-bond donors (Lipinski definition) is 1. The molecule has 5 heteroatoms. The Labute approximate surface area is 88.5 Å². The highest BCUT2D eigenvalue weighted by atomic mass is 15.3. The van der Waals surface area contributed by atoms with Crippen molar-refractivity contribution in [1.29, 1.82) is 0 Å². The minimum atomic E-state index is 0.0354. The fourth-order valence-electron chi connectivity index (χ4n) is 1.60. The van der Waals surface area contributed by atoms with Gasteiger partial charge in [-0.25, -0.2) is 4.98 Å². The van der Waals surface area contributed by atoms with Crippen molar-refractivity contribution in [2.45, 2.75) is 19.5 Å². The van der Waals surface area contributed by atoms with Gasteiger partial charge in [-0.05, 0) is 19.1 Å². The van der Waals surface area contributed by atoms with Crippen molar-refractivity contribution in [3.05, 3.63) is 36.2 Å². The molecule has 2 N–H and O–H groups in total. The first kappa shape index (κ1) is 9.92. The summed E-state index contributed by atoms with van der Waals surface area (Å²) in [5, 5.41) is 4.03. The van der Waals surface area contributed by atoms with Crippen molar-refractivity contribution >= 4 is 0 Å². The zero-order valence-electron chi connectivity index (χ0n) is 8.96. The van der Waals surface area contributed by atoms with Crippen LogP contribution >= 0.6 is 0 Å². The Morgan fingerprint density at radius 2 is 2.33 bits per heavy atom. The molecule has 0 radical (unpaired) electrons. The van der Waals surface area contributed by atoms with Gasteiger partial charge in [0.25, 0.3) is 0 Å². The lowest BCUT2D eigenvalue weighted by atomic mass is 10.2. The summed E-state index contributed by atoms with van der Waals surface area (Å²) in [7, 11) is 1.89. The molecular weight excluding hydrogens is 190 g/mol. The van der Waals surface area contributed by atoms with Crippen LogP contribution in [0.3, 0.4) is 0 Å². The molecule has 0 aromatic carbocycles. The van der Waals surface area contributed by atoms with Gasteiger partial charge in [-0.15, -0.1) is 0 Å². The number of aromatic nitrogens is 4. The lowest BCUT2D eigenvalue weighted by Crippen LogP contribution is -2.14. The highest BCUT2D eigenvalue weighted by Crippen LogP contribution is 2.11. The van der Waals surface area contributed by atoms with Crippen LogP contribution in [0, 0.1) is 0 Å². The maximum absolute atomic E-state index is 5.86. The first-order valence-electron chi connectivity index (χ1n) is 4.92. The molecular formula is C10H15N5. The number of aryl methyl sites for hydroxylation is 1. The zero-order valence-corrected chi connectivity index (χ0v) is 8.96. The smallest absolute Gasteiger partial charge is 0.146 e. The van der Waals surface area contributed by atoms with Crippen molar-refractivity contribution < 1.29 is 0 Å². The van der Waals surface area contributed by atoms with E-state index in [-0.39, 0.29) is 6.04 Å². The topological polar surface area (TPSA) is 61.7 Å². The number of nitrogens with zero attached hydrogens (tertiary/aromatic N) is 4. The predicted octanol–water partition coefficient (Wildman–Crippen LogP) is 0.685. The van der Waals surface area contributed by atoms with Gasteiger partial charge in [-0.3, -0.25) is 4.68 Å². The third-order valence-corrected chi connectivity index (χ3v) is 2.45. The third kappa shape index (κ3) is 1.92. The molecule has 2 aromatic heterocycles. The van der Waals surface area contributed by atoms with E-state index in [0.29, 0.717) is 6.54 Å². The molecule has 0 saturated carbocycles. The fraction of sp³-hybridized carbons (Fsp3) is 0.400. The monoisotopic (exact) mass is 205 g/mol. The van der Waals surface area contributed by atoms with Crippen LogP contribution in [0.25, 0.3) is 0 Å². The van der Waals surface area contributed by atoms with Gasteiger partial charge >= 0.3 is 0 Å². The van der Waals surface area contributed by atoms with Gasteiger partial charge in [0.2, 0.25) is 0 Å². The van der Waals surface area contributed by atoms with Gasteiger partial charge in [-0.1, -0.05) is 0 Å². The standard InChI is InChI=1S/C10H15N5/c1-8(11)9-4-3-5-15(9)6-10-12-7-13-14(10)2/h3-5,7-8H,6,11H2,1-2H3. The summed E-state index contributed by atoms with van der Waals surface area (Å²) in [5.74, 6) is 0.924. The fourth-order valence-corrected chi connectivity index (χ4v) is 1.60. The summed E-state index contributed by atoms with van der Waals surface area (Å²) in [4.78, 5) is 4.18. The van der Waals surface area contributed by atoms with Crippen LogP contribution in [0.15, 0.2) is 24.7 Å². The Hall–Kier alpha value is -1.62. The molecule has 1 atom stereocenters. The molecule has 0 saturated heterocycles. The maximum atomic E-state index is 5.86. The van der Waals surface area contributed by atoms with Gasteiger partial charge in [0, 0.05) is 25.0 Å². The van der Waals surface area contributed by atoms with Crippen LogP contribution in [0.1, 0.15) is 24.5 Å². The lowest BCUT2D eigenvalue weighted by molar-refractivity contribution is 0.616. The van der Waals surface area contributed by atoms with Crippen molar-refractivity contribution in [3.8, 4) is 0 Å². The molecule has 5 nitrogen and oxygen atoms in total. The second kappa shape index (κ2) is 3.86. The molecule has 0 bridgehead atoms. The molecule has 15 heavy (non-hydrogen) atoms. The summed E-state index contributed by atoms with van der Waals surface area (Å²) in [5.41, 5.74) is 6.97. The molecule has 2 heterocycles. The van der Waals surface area contributed by atoms with E-state index in [1.54, 1.807) is 11.0 Å². The van der Waals surface area contributed by atoms with E-state index in [1.807, 2.05) is 32.3 Å². The van der Waals surface area contributed by atoms with Crippen LogP contribution in [0.2, 0.25) is 0 Å². The molecule has 0 aliphatic carbocycles. The van der Waals surface area contributed by atoms with Crippen LogP contribution in [0.4, 0.5) is 0 Å². The van der Waals surface area contributed by atoms with E-state index < -0.39 is 0 Å². The summed E-state index contributed by atoms with van der Waals surface area (Å²) in [6.45, 7) is 2.68. The molecule has 0 fully saturated rings. The summed E-state index contributed by atoms with van der Waals surface area (Å²) in [6, 6.07) is 4.06. The molecule has 2 aromatic rings. The number of rotatable bonds is 3. The van der Waals surface area contributed by atoms with Crippen LogP contribution in [-0.4, -0.2) is 19.3 Å². The number of nitrogens with two attached hydrogens (primary N) is 1.